The highest BCUT2D eigenvalue weighted by Gasteiger charge is 2.32. The van der Waals surface area contributed by atoms with Gasteiger partial charge in [-0.3, -0.25) is 4.79 Å². The molecule has 1 unspecified atom stereocenters. The number of hydrogen-bond donors (Lipinski definition) is 2. The van der Waals surface area contributed by atoms with Gasteiger partial charge in [0.25, 0.3) is 5.91 Å². The van der Waals surface area contributed by atoms with E-state index >= 15 is 0 Å². The Hall–Kier alpha value is -1.75. The minimum absolute atomic E-state index is 0.186. The van der Waals surface area contributed by atoms with Crippen LogP contribution in [0.1, 0.15) is 30.1 Å². The molecule has 0 aliphatic carbocycles. The van der Waals surface area contributed by atoms with Gasteiger partial charge in [0.05, 0.1) is 11.2 Å². The normalized spacial score (nSPS) is 23.4. The van der Waals surface area contributed by atoms with E-state index in [2.05, 4.69) is 11.8 Å². The van der Waals surface area contributed by atoms with E-state index in [1.807, 2.05) is 6.07 Å². The number of carbonyl (C=O) groups is 1. The van der Waals surface area contributed by atoms with E-state index < -0.39 is 5.91 Å². The molecule has 1 aliphatic heterocycles. The van der Waals surface area contributed by atoms with Gasteiger partial charge in [-0.2, -0.15) is 0 Å². The molecule has 4 N–H and O–H groups in total. The van der Waals surface area contributed by atoms with Crippen LogP contribution in [-0.4, -0.2) is 31.7 Å². The fourth-order valence-corrected chi connectivity index (χ4v) is 2.60. The summed E-state index contributed by atoms with van der Waals surface area (Å²) in [5.74, 6) is -0.452. The first kappa shape index (κ1) is 13.7. The van der Waals surface area contributed by atoms with Crippen molar-refractivity contribution < 1.29 is 9.53 Å². The number of nitrogens with zero attached hydrogens (tertiary/aromatic N) is 1. The molecule has 1 aromatic rings. The second kappa shape index (κ2) is 5.09. The third kappa shape index (κ3) is 2.81. The number of anilines is 2. The molecule has 0 radical (unpaired) electrons. The average Bonchev–Trinajstić information content (AvgIpc) is 2.38. The molecule has 2 rings (SSSR count). The van der Waals surface area contributed by atoms with Crippen LogP contribution in [-0.2, 0) is 4.74 Å². The molecule has 1 aliphatic rings. The molecule has 0 aromatic heterocycles. The van der Waals surface area contributed by atoms with Crippen molar-refractivity contribution in [3.05, 3.63) is 23.8 Å². The standard InChI is InChI=1S/C14H21N3O2/c1-14(19-2)6-3-7-17(9-14)12-5-4-10(15)8-11(12)13(16)18/h4-5,8H,3,6-7,9,15H2,1-2H3,(H2,16,18). The molecule has 1 saturated heterocycles. The topological polar surface area (TPSA) is 81.6 Å². The predicted octanol–water partition coefficient (Wildman–Crippen LogP) is 1.37. The van der Waals surface area contributed by atoms with Crippen molar-refractivity contribution >= 4 is 17.3 Å². The highest BCUT2D eigenvalue weighted by molar-refractivity contribution is 5.99. The lowest BCUT2D eigenvalue weighted by Gasteiger charge is -2.41. The Morgan fingerprint density at radius 2 is 2.21 bits per heavy atom. The van der Waals surface area contributed by atoms with Gasteiger partial charge in [-0.25, -0.2) is 0 Å². The summed E-state index contributed by atoms with van der Waals surface area (Å²) in [6, 6.07) is 5.29. The Labute approximate surface area is 113 Å². The van der Waals surface area contributed by atoms with Crippen LogP contribution < -0.4 is 16.4 Å². The molecule has 104 valence electrons. The number of hydrogen-bond acceptors (Lipinski definition) is 4. The number of nitrogen functional groups attached to an aromatic ring is 1. The molecule has 19 heavy (non-hydrogen) atoms. The van der Waals surface area contributed by atoms with Crippen LogP contribution in [0.25, 0.3) is 0 Å². The Bertz CT molecular complexity index is 490. The van der Waals surface area contributed by atoms with Crippen molar-refractivity contribution in [2.45, 2.75) is 25.4 Å². The second-order valence-corrected chi connectivity index (χ2v) is 5.32. The van der Waals surface area contributed by atoms with E-state index in [-0.39, 0.29) is 5.60 Å². The summed E-state index contributed by atoms with van der Waals surface area (Å²) in [7, 11) is 1.72. The number of primary amides is 1. The molecule has 1 fully saturated rings. The zero-order chi connectivity index (χ0) is 14.0. The number of carbonyl (C=O) groups excluding carboxylic acids is 1. The number of methoxy groups -OCH3 is 1. The number of amides is 1. The number of ether oxygens (including phenoxy) is 1. The van der Waals surface area contributed by atoms with Crippen LogP contribution in [0.15, 0.2) is 18.2 Å². The summed E-state index contributed by atoms with van der Waals surface area (Å²) in [4.78, 5) is 13.7. The van der Waals surface area contributed by atoms with Gasteiger partial charge < -0.3 is 21.1 Å². The molecule has 1 heterocycles. The summed E-state index contributed by atoms with van der Waals surface area (Å²) in [5, 5.41) is 0. The summed E-state index contributed by atoms with van der Waals surface area (Å²) < 4.78 is 5.57. The first-order valence-electron chi connectivity index (χ1n) is 6.45. The molecule has 1 amide bonds. The van der Waals surface area contributed by atoms with Crippen LogP contribution in [0.5, 0.6) is 0 Å². The number of benzene rings is 1. The quantitative estimate of drug-likeness (QED) is 0.807. The van der Waals surface area contributed by atoms with Crippen LogP contribution in [0, 0.1) is 0 Å². The maximum Gasteiger partial charge on any atom is 0.250 e. The first-order valence-corrected chi connectivity index (χ1v) is 6.45. The van der Waals surface area contributed by atoms with Crippen molar-refractivity contribution in [1.82, 2.24) is 0 Å². The summed E-state index contributed by atoms with van der Waals surface area (Å²) in [5.41, 5.74) is 12.8. The van der Waals surface area contributed by atoms with Gasteiger partial charge in [0.1, 0.15) is 0 Å². The lowest BCUT2D eigenvalue weighted by molar-refractivity contribution is -0.00468. The van der Waals surface area contributed by atoms with E-state index in [0.29, 0.717) is 11.3 Å². The van der Waals surface area contributed by atoms with Crippen molar-refractivity contribution in [3.63, 3.8) is 0 Å². The predicted molar refractivity (Wildman–Crippen MR) is 76.2 cm³/mol. The van der Waals surface area contributed by atoms with Gasteiger partial charge in [-0.15, -0.1) is 0 Å². The van der Waals surface area contributed by atoms with E-state index in [0.717, 1.165) is 31.6 Å². The fraction of sp³-hybridized carbons (Fsp3) is 0.500. The van der Waals surface area contributed by atoms with Crippen LogP contribution in [0.3, 0.4) is 0 Å². The average molecular weight is 263 g/mol. The van der Waals surface area contributed by atoms with Crippen molar-refractivity contribution in [1.29, 1.82) is 0 Å². The second-order valence-electron chi connectivity index (χ2n) is 5.32. The highest BCUT2D eigenvalue weighted by Crippen LogP contribution is 2.30. The summed E-state index contributed by atoms with van der Waals surface area (Å²) in [6.45, 7) is 3.72. The fourth-order valence-electron chi connectivity index (χ4n) is 2.60. The Morgan fingerprint density at radius 3 is 2.84 bits per heavy atom. The Kier molecular flexibility index (Phi) is 3.66. The molecule has 5 heteroatoms. The summed E-state index contributed by atoms with van der Waals surface area (Å²) in [6.07, 6.45) is 2.04. The minimum atomic E-state index is -0.452. The van der Waals surface area contributed by atoms with Crippen LogP contribution >= 0.6 is 0 Å². The first-order chi connectivity index (χ1) is 8.95. The number of piperidine rings is 1. The van der Waals surface area contributed by atoms with Crippen LogP contribution in [0.4, 0.5) is 11.4 Å². The van der Waals surface area contributed by atoms with E-state index in [4.69, 9.17) is 16.2 Å². The lowest BCUT2D eigenvalue weighted by atomic mass is 9.93. The molecule has 1 aromatic carbocycles. The van der Waals surface area contributed by atoms with E-state index in [1.54, 1.807) is 19.2 Å². The monoisotopic (exact) mass is 263 g/mol. The van der Waals surface area contributed by atoms with Gasteiger partial charge in [-0.1, -0.05) is 0 Å². The third-order valence-electron chi connectivity index (χ3n) is 3.78. The van der Waals surface area contributed by atoms with Gasteiger partial charge in [0.2, 0.25) is 0 Å². The van der Waals surface area contributed by atoms with Crippen molar-refractivity contribution in [3.8, 4) is 0 Å². The van der Waals surface area contributed by atoms with Gasteiger partial charge in [-0.05, 0) is 38.0 Å². The molecule has 0 spiro atoms. The van der Waals surface area contributed by atoms with E-state index in [1.165, 1.54) is 0 Å². The van der Waals surface area contributed by atoms with Gasteiger partial charge >= 0.3 is 0 Å². The van der Waals surface area contributed by atoms with Gasteiger partial charge in [0, 0.05) is 31.6 Å². The SMILES string of the molecule is COC1(C)CCCN(c2ccc(N)cc2C(N)=O)C1. The Balaban J connectivity index is 2.33. The largest absolute Gasteiger partial charge is 0.399 e. The van der Waals surface area contributed by atoms with Gasteiger partial charge in [0.15, 0.2) is 0 Å². The maximum atomic E-state index is 11.6. The molecule has 0 saturated carbocycles. The van der Waals surface area contributed by atoms with E-state index in [9.17, 15) is 4.79 Å². The molecule has 1 atom stereocenters. The third-order valence-corrected chi connectivity index (χ3v) is 3.78. The summed E-state index contributed by atoms with van der Waals surface area (Å²) >= 11 is 0. The molecular weight excluding hydrogens is 242 g/mol. The smallest absolute Gasteiger partial charge is 0.250 e. The maximum absolute atomic E-state index is 11.6. The van der Waals surface area contributed by atoms with Crippen molar-refractivity contribution in [2.75, 3.05) is 30.8 Å². The number of rotatable bonds is 3. The highest BCUT2D eigenvalue weighted by atomic mass is 16.5. The van der Waals surface area contributed by atoms with Crippen LogP contribution in [0.2, 0.25) is 0 Å². The number of nitrogens with two attached hydrogens (primary N) is 2. The Morgan fingerprint density at radius 1 is 1.47 bits per heavy atom. The molecule has 0 bridgehead atoms. The zero-order valence-corrected chi connectivity index (χ0v) is 11.5. The zero-order valence-electron chi connectivity index (χ0n) is 11.5. The molecule has 5 nitrogen and oxygen atoms in total. The minimum Gasteiger partial charge on any atom is -0.399 e. The molecular formula is C14H21N3O2. The lowest BCUT2D eigenvalue weighted by Crippen LogP contribution is -2.48. The van der Waals surface area contributed by atoms with Crippen molar-refractivity contribution in [2.24, 2.45) is 5.73 Å².